The highest BCUT2D eigenvalue weighted by Crippen LogP contribution is 2.09. The summed E-state index contributed by atoms with van der Waals surface area (Å²) in [7, 11) is 1.54. The summed E-state index contributed by atoms with van der Waals surface area (Å²) in [5.41, 5.74) is 0.405. The lowest BCUT2D eigenvalue weighted by Gasteiger charge is -2.15. The summed E-state index contributed by atoms with van der Waals surface area (Å²) in [5.74, 6) is -0.381. The van der Waals surface area contributed by atoms with Gasteiger partial charge in [-0.05, 0) is 13.3 Å². The lowest BCUT2D eigenvalue weighted by molar-refractivity contribution is -0.169. The summed E-state index contributed by atoms with van der Waals surface area (Å²) < 4.78 is 10.1. The Kier molecular flexibility index (Phi) is 7.11. The number of esters is 1. The molecule has 0 aliphatic heterocycles. The maximum absolute atomic E-state index is 11.1. The largest absolute Gasteiger partial charge is 0.432 e. The Morgan fingerprint density at radius 3 is 2.50 bits per heavy atom. The molecule has 1 unspecified atom stereocenters. The molecule has 0 spiro atoms. The van der Waals surface area contributed by atoms with Crippen molar-refractivity contribution in [3.05, 3.63) is 12.2 Å². The second kappa shape index (κ2) is 7.56. The van der Waals surface area contributed by atoms with Crippen LogP contribution in [0.4, 0.5) is 0 Å². The molecule has 0 bridgehead atoms. The fraction of sp³-hybridized carbons (Fsp3) is 0.727. The topological polar surface area (TPSA) is 35.5 Å². The molecule has 14 heavy (non-hydrogen) atoms. The van der Waals surface area contributed by atoms with Gasteiger partial charge in [0.2, 0.25) is 6.29 Å². The minimum Gasteiger partial charge on any atom is -0.432 e. The van der Waals surface area contributed by atoms with Gasteiger partial charge in [-0.25, -0.2) is 4.79 Å². The number of carbonyl (C=O) groups is 1. The fourth-order valence-corrected chi connectivity index (χ4v) is 1.01. The Balaban J connectivity index is 3.78. The number of methoxy groups -OCH3 is 1. The Labute approximate surface area is 86.1 Å². The standard InChI is InChI=1S/C11H20O3/c1-5-6-7-8-10(13-4)14-11(12)9(2)3/h10H,2,5-8H2,1,3-4H3. The zero-order valence-corrected chi connectivity index (χ0v) is 9.34. The lowest BCUT2D eigenvalue weighted by atomic mass is 10.2. The van der Waals surface area contributed by atoms with Gasteiger partial charge in [-0.1, -0.05) is 26.3 Å². The third kappa shape index (κ3) is 5.75. The number of hydrogen-bond donors (Lipinski definition) is 0. The van der Waals surface area contributed by atoms with Gasteiger partial charge in [-0.2, -0.15) is 0 Å². The van der Waals surface area contributed by atoms with Crippen LogP contribution in [0.3, 0.4) is 0 Å². The summed E-state index contributed by atoms with van der Waals surface area (Å²) in [6.45, 7) is 7.26. The quantitative estimate of drug-likeness (QED) is 0.274. The molecule has 3 nitrogen and oxygen atoms in total. The molecule has 0 radical (unpaired) electrons. The summed E-state index contributed by atoms with van der Waals surface area (Å²) in [6.07, 6.45) is 3.61. The van der Waals surface area contributed by atoms with Crippen LogP contribution < -0.4 is 0 Å². The van der Waals surface area contributed by atoms with Crippen LogP contribution in [-0.4, -0.2) is 19.4 Å². The van der Waals surface area contributed by atoms with Crippen LogP contribution in [0.25, 0.3) is 0 Å². The number of rotatable bonds is 7. The molecule has 82 valence electrons. The molecular formula is C11H20O3. The van der Waals surface area contributed by atoms with Gasteiger partial charge in [-0.15, -0.1) is 0 Å². The van der Waals surface area contributed by atoms with Crippen LogP contribution in [0, 0.1) is 0 Å². The molecule has 0 aliphatic rings. The Bertz CT molecular complexity index is 187. The highest BCUT2D eigenvalue weighted by molar-refractivity contribution is 5.86. The van der Waals surface area contributed by atoms with Crippen molar-refractivity contribution in [1.29, 1.82) is 0 Å². The smallest absolute Gasteiger partial charge is 0.335 e. The molecule has 3 heteroatoms. The molecule has 0 aliphatic carbocycles. The van der Waals surface area contributed by atoms with E-state index in [0.717, 1.165) is 25.7 Å². The average molecular weight is 200 g/mol. The van der Waals surface area contributed by atoms with E-state index in [1.165, 1.54) is 0 Å². The first-order valence-electron chi connectivity index (χ1n) is 5.01. The molecule has 0 aromatic heterocycles. The molecule has 0 rings (SSSR count). The first-order chi connectivity index (χ1) is 6.61. The van der Waals surface area contributed by atoms with Crippen molar-refractivity contribution in [2.45, 2.75) is 45.8 Å². The Morgan fingerprint density at radius 2 is 2.07 bits per heavy atom. The van der Waals surface area contributed by atoms with Crippen LogP contribution in [0.5, 0.6) is 0 Å². The summed E-state index contributed by atoms with van der Waals surface area (Å²) in [4.78, 5) is 11.1. The van der Waals surface area contributed by atoms with E-state index in [0.29, 0.717) is 5.57 Å². The van der Waals surface area contributed by atoms with Crippen LogP contribution in [0.2, 0.25) is 0 Å². The number of unbranched alkanes of at least 4 members (excludes halogenated alkanes) is 2. The van der Waals surface area contributed by atoms with Gasteiger partial charge in [0.15, 0.2) is 0 Å². The first-order valence-corrected chi connectivity index (χ1v) is 5.01. The molecule has 0 fully saturated rings. The highest BCUT2D eigenvalue weighted by Gasteiger charge is 2.12. The van der Waals surface area contributed by atoms with Gasteiger partial charge >= 0.3 is 5.97 Å². The van der Waals surface area contributed by atoms with Crippen molar-refractivity contribution in [3.63, 3.8) is 0 Å². The zero-order valence-electron chi connectivity index (χ0n) is 9.34. The third-order valence-electron chi connectivity index (χ3n) is 1.89. The van der Waals surface area contributed by atoms with E-state index in [-0.39, 0.29) is 5.97 Å². The number of carbonyl (C=O) groups excluding carboxylic acids is 1. The summed E-state index contributed by atoms with van der Waals surface area (Å²) in [5, 5.41) is 0. The second-order valence-electron chi connectivity index (χ2n) is 3.35. The molecule has 0 saturated heterocycles. The Morgan fingerprint density at radius 1 is 1.43 bits per heavy atom. The van der Waals surface area contributed by atoms with Crippen molar-refractivity contribution in [2.24, 2.45) is 0 Å². The molecule has 0 amide bonds. The van der Waals surface area contributed by atoms with E-state index in [4.69, 9.17) is 9.47 Å². The minimum atomic E-state index is -0.425. The van der Waals surface area contributed by atoms with E-state index in [2.05, 4.69) is 13.5 Å². The van der Waals surface area contributed by atoms with E-state index in [9.17, 15) is 4.79 Å². The average Bonchev–Trinajstić information content (AvgIpc) is 2.16. The Hall–Kier alpha value is -0.830. The zero-order chi connectivity index (χ0) is 11.0. The molecule has 0 heterocycles. The van der Waals surface area contributed by atoms with Crippen LogP contribution in [0.15, 0.2) is 12.2 Å². The van der Waals surface area contributed by atoms with Gasteiger partial charge in [0, 0.05) is 19.1 Å². The monoisotopic (exact) mass is 200 g/mol. The number of ether oxygens (including phenoxy) is 2. The van der Waals surface area contributed by atoms with Gasteiger partial charge in [0.25, 0.3) is 0 Å². The SMILES string of the molecule is C=C(C)C(=O)OC(CCCCC)OC. The van der Waals surface area contributed by atoms with Crippen molar-refractivity contribution in [2.75, 3.05) is 7.11 Å². The number of hydrogen-bond acceptors (Lipinski definition) is 3. The van der Waals surface area contributed by atoms with Crippen LogP contribution in [0.1, 0.15) is 39.5 Å². The lowest BCUT2D eigenvalue weighted by Crippen LogP contribution is -2.20. The molecular weight excluding hydrogens is 180 g/mol. The molecule has 0 saturated carbocycles. The predicted octanol–water partition coefficient (Wildman–Crippen LogP) is 2.66. The molecule has 0 N–H and O–H groups in total. The maximum atomic E-state index is 11.1. The van der Waals surface area contributed by atoms with Crippen molar-refractivity contribution in [3.8, 4) is 0 Å². The summed E-state index contributed by atoms with van der Waals surface area (Å²) >= 11 is 0. The van der Waals surface area contributed by atoms with Gasteiger partial charge in [0.1, 0.15) is 0 Å². The van der Waals surface area contributed by atoms with Crippen molar-refractivity contribution in [1.82, 2.24) is 0 Å². The van der Waals surface area contributed by atoms with Gasteiger partial charge < -0.3 is 9.47 Å². The highest BCUT2D eigenvalue weighted by atomic mass is 16.7. The second-order valence-corrected chi connectivity index (χ2v) is 3.35. The van der Waals surface area contributed by atoms with Gasteiger partial charge in [-0.3, -0.25) is 0 Å². The van der Waals surface area contributed by atoms with Crippen LogP contribution >= 0.6 is 0 Å². The fourth-order valence-electron chi connectivity index (χ4n) is 1.01. The molecule has 0 aromatic rings. The predicted molar refractivity (Wildman–Crippen MR) is 55.8 cm³/mol. The van der Waals surface area contributed by atoms with E-state index < -0.39 is 6.29 Å². The van der Waals surface area contributed by atoms with Crippen LogP contribution in [-0.2, 0) is 14.3 Å². The first kappa shape index (κ1) is 13.2. The normalized spacial score (nSPS) is 12.2. The van der Waals surface area contributed by atoms with E-state index in [1.807, 2.05) is 0 Å². The molecule has 0 aromatic carbocycles. The maximum Gasteiger partial charge on any atom is 0.335 e. The molecule has 1 atom stereocenters. The third-order valence-corrected chi connectivity index (χ3v) is 1.89. The summed E-state index contributed by atoms with van der Waals surface area (Å²) in [6, 6.07) is 0. The van der Waals surface area contributed by atoms with Crippen molar-refractivity contribution >= 4 is 5.97 Å². The minimum absolute atomic E-state index is 0.381. The van der Waals surface area contributed by atoms with Crippen molar-refractivity contribution < 1.29 is 14.3 Å². The van der Waals surface area contributed by atoms with Gasteiger partial charge in [0.05, 0.1) is 0 Å². The van der Waals surface area contributed by atoms with E-state index >= 15 is 0 Å². The van der Waals surface area contributed by atoms with E-state index in [1.54, 1.807) is 14.0 Å².